The van der Waals surface area contributed by atoms with E-state index in [1.54, 1.807) is 18.1 Å². The number of ether oxygens (including phenoxy) is 2. The first kappa shape index (κ1) is 18.0. The van der Waals surface area contributed by atoms with Crippen LogP contribution in [0.25, 0.3) is 11.4 Å². The maximum absolute atomic E-state index is 9.54. The molecular weight excluding hydrogens is 379 g/mol. The highest BCUT2D eigenvalue weighted by molar-refractivity contribution is 6.32. The fourth-order valence-corrected chi connectivity index (χ4v) is 3.68. The summed E-state index contributed by atoms with van der Waals surface area (Å²) >= 11 is 0. The van der Waals surface area contributed by atoms with Crippen LogP contribution in [0.15, 0.2) is 48.8 Å². The van der Waals surface area contributed by atoms with Crippen LogP contribution in [0.4, 0.5) is 0 Å². The largest absolute Gasteiger partial charge is 0.497 e. The molecule has 0 bridgehead atoms. The van der Waals surface area contributed by atoms with Gasteiger partial charge in [-0.15, -0.1) is 5.10 Å². The molecular formula is C21H17BN6O2. The summed E-state index contributed by atoms with van der Waals surface area (Å²) in [6.45, 7) is 0.272. The molecule has 4 aromatic rings. The third-order valence-corrected chi connectivity index (χ3v) is 5.19. The van der Waals surface area contributed by atoms with Crippen molar-refractivity contribution in [3.8, 4) is 28.9 Å². The number of rotatable bonds is 4. The van der Waals surface area contributed by atoms with E-state index in [9.17, 15) is 5.26 Å². The number of benzene rings is 2. The van der Waals surface area contributed by atoms with Gasteiger partial charge in [0.2, 0.25) is 0 Å². The summed E-state index contributed by atoms with van der Waals surface area (Å²) in [6.07, 6.45) is 2.13. The highest BCUT2D eigenvalue weighted by Gasteiger charge is 2.26. The van der Waals surface area contributed by atoms with Crippen LogP contribution in [0, 0.1) is 11.3 Å². The van der Waals surface area contributed by atoms with E-state index in [-0.39, 0.29) is 6.61 Å². The molecule has 0 unspecified atom stereocenters. The molecule has 2 aromatic heterocycles. The zero-order valence-corrected chi connectivity index (χ0v) is 16.5. The van der Waals surface area contributed by atoms with Crippen molar-refractivity contribution in [1.29, 1.82) is 5.26 Å². The molecule has 0 saturated carbocycles. The third kappa shape index (κ3) is 2.90. The fourth-order valence-electron chi connectivity index (χ4n) is 3.68. The summed E-state index contributed by atoms with van der Waals surface area (Å²) in [5.41, 5.74) is 5.53. The van der Waals surface area contributed by atoms with Crippen molar-refractivity contribution in [2.75, 3.05) is 7.11 Å². The summed E-state index contributed by atoms with van der Waals surface area (Å²) in [7, 11) is 3.64. The van der Waals surface area contributed by atoms with E-state index in [1.165, 1.54) is 0 Å². The molecule has 0 radical (unpaired) electrons. The minimum absolute atomic E-state index is 0.272. The third-order valence-electron chi connectivity index (χ3n) is 5.19. The predicted molar refractivity (Wildman–Crippen MR) is 112 cm³/mol. The first-order chi connectivity index (χ1) is 14.7. The molecule has 30 heavy (non-hydrogen) atoms. The minimum atomic E-state index is 0.272. The molecule has 8 nitrogen and oxygen atoms in total. The Balaban J connectivity index is 1.61. The Morgan fingerprint density at radius 1 is 1.13 bits per heavy atom. The summed E-state index contributed by atoms with van der Waals surface area (Å²) in [6, 6.07) is 15.8. The summed E-state index contributed by atoms with van der Waals surface area (Å²) < 4.78 is 15.1. The number of imidazole rings is 1. The molecule has 2 aromatic carbocycles. The van der Waals surface area contributed by atoms with Crippen molar-refractivity contribution in [3.05, 3.63) is 71.6 Å². The number of methoxy groups -OCH3 is 1. The molecule has 1 aliphatic rings. The summed E-state index contributed by atoms with van der Waals surface area (Å²) in [4.78, 5) is 4.28. The second kappa shape index (κ2) is 7.08. The molecule has 1 aliphatic heterocycles. The van der Waals surface area contributed by atoms with Gasteiger partial charge in [-0.25, -0.2) is 9.67 Å². The maximum atomic E-state index is 9.54. The first-order valence-electron chi connectivity index (χ1n) is 9.46. The molecule has 0 aliphatic carbocycles. The Morgan fingerprint density at radius 3 is 2.83 bits per heavy atom. The van der Waals surface area contributed by atoms with Crippen LogP contribution in [0.5, 0.6) is 11.5 Å². The Labute approximate surface area is 173 Å². The number of hydrogen-bond acceptors (Lipinski definition) is 6. The lowest BCUT2D eigenvalue weighted by Gasteiger charge is -2.11. The second-order valence-electron chi connectivity index (χ2n) is 7.05. The molecule has 0 spiro atoms. The van der Waals surface area contributed by atoms with Gasteiger partial charge in [0.25, 0.3) is 0 Å². The molecule has 0 saturated heterocycles. The van der Waals surface area contributed by atoms with E-state index >= 15 is 0 Å². The fraction of sp³-hybridized carbons (Fsp3) is 0.143. The van der Waals surface area contributed by atoms with E-state index in [4.69, 9.17) is 9.47 Å². The van der Waals surface area contributed by atoms with Crippen molar-refractivity contribution in [2.45, 2.75) is 13.0 Å². The average molecular weight is 396 g/mol. The number of nitrogens with zero attached hydrogens (tertiary/aromatic N) is 6. The van der Waals surface area contributed by atoms with Gasteiger partial charge in [0.1, 0.15) is 44.0 Å². The van der Waals surface area contributed by atoms with Crippen LogP contribution >= 0.6 is 0 Å². The van der Waals surface area contributed by atoms with Gasteiger partial charge < -0.3 is 9.47 Å². The number of hydrogen-bond donors (Lipinski definition) is 0. The Morgan fingerprint density at radius 2 is 2.03 bits per heavy atom. The van der Waals surface area contributed by atoms with Gasteiger partial charge in [0.05, 0.1) is 29.9 Å². The summed E-state index contributed by atoms with van der Waals surface area (Å²) in [5.74, 6) is 1.48. The van der Waals surface area contributed by atoms with Crippen molar-refractivity contribution in [1.82, 2.24) is 24.5 Å². The maximum Gasteiger partial charge on any atom is 0.162 e. The quantitative estimate of drug-likeness (QED) is 0.422. The van der Waals surface area contributed by atoms with Gasteiger partial charge >= 0.3 is 0 Å². The lowest BCUT2D eigenvalue weighted by Crippen LogP contribution is -2.07. The van der Waals surface area contributed by atoms with Crippen LogP contribution in [-0.4, -0.2) is 39.5 Å². The highest BCUT2D eigenvalue weighted by atomic mass is 16.5. The highest BCUT2D eigenvalue weighted by Crippen LogP contribution is 2.32. The van der Waals surface area contributed by atoms with E-state index in [1.807, 2.05) is 54.9 Å². The molecule has 0 N–H and O–H groups in total. The van der Waals surface area contributed by atoms with Gasteiger partial charge in [-0.3, -0.25) is 4.57 Å². The van der Waals surface area contributed by atoms with E-state index in [0.717, 1.165) is 34.0 Å². The van der Waals surface area contributed by atoms with Gasteiger partial charge in [-0.1, -0.05) is 22.8 Å². The molecule has 0 fully saturated rings. The standard InChI is InChI=1S/C21H17BN6O2/c1-29-14-5-6-18-21(8-14)28-20(9-19-16(10-23)24-12-27(18)19)17(25-26-28)11-30-15-4-2-3-13(22)7-15/h2-8,12H,9,11,22H2,1H3. The van der Waals surface area contributed by atoms with Crippen molar-refractivity contribution in [3.63, 3.8) is 0 Å². The van der Waals surface area contributed by atoms with Crippen LogP contribution < -0.4 is 14.9 Å². The molecule has 9 heteroatoms. The van der Waals surface area contributed by atoms with Gasteiger partial charge in [-0.05, 0) is 24.3 Å². The van der Waals surface area contributed by atoms with Gasteiger partial charge in [0.15, 0.2) is 5.69 Å². The number of fused-ring (bicyclic) bond motifs is 5. The number of aromatic nitrogens is 5. The zero-order chi connectivity index (χ0) is 20.7. The summed E-state index contributed by atoms with van der Waals surface area (Å²) in [5, 5.41) is 18.3. The van der Waals surface area contributed by atoms with Crippen LogP contribution in [0.1, 0.15) is 22.8 Å². The predicted octanol–water partition coefficient (Wildman–Crippen LogP) is 1.07. The van der Waals surface area contributed by atoms with Gasteiger partial charge in [-0.2, -0.15) is 5.26 Å². The average Bonchev–Trinajstić information content (AvgIpc) is 3.33. The Hall–Kier alpha value is -4.06. The topological polar surface area (TPSA) is 90.8 Å². The zero-order valence-electron chi connectivity index (χ0n) is 16.5. The van der Waals surface area contributed by atoms with E-state index in [0.29, 0.717) is 23.6 Å². The Bertz CT molecular complexity index is 1300. The molecule has 0 amide bonds. The lowest BCUT2D eigenvalue weighted by molar-refractivity contribution is 0.300. The molecule has 0 atom stereocenters. The molecule has 5 rings (SSSR count). The van der Waals surface area contributed by atoms with Crippen molar-refractivity contribution in [2.24, 2.45) is 0 Å². The van der Waals surface area contributed by atoms with E-state index in [2.05, 4.69) is 21.4 Å². The van der Waals surface area contributed by atoms with E-state index < -0.39 is 0 Å². The second-order valence-corrected chi connectivity index (χ2v) is 7.05. The van der Waals surface area contributed by atoms with Crippen molar-refractivity contribution >= 4 is 13.3 Å². The first-order valence-corrected chi connectivity index (χ1v) is 9.46. The van der Waals surface area contributed by atoms with Crippen LogP contribution in [-0.2, 0) is 13.0 Å². The molecule has 146 valence electrons. The smallest absolute Gasteiger partial charge is 0.162 e. The van der Waals surface area contributed by atoms with Gasteiger partial charge in [0, 0.05) is 12.5 Å². The van der Waals surface area contributed by atoms with Crippen LogP contribution in [0.2, 0.25) is 0 Å². The number of nitriles is 1. The lowest BCUT2D eigenvalue weighted by atomic mass is 9.96. The molecule has 3 heterocycles. The Kier molecular flexibility index (Phi) is 4.25. The monoisotopic (exact) mass is 396 g/mol. The van der Waals surface area contributed by atoms with Crippen molar-refractivity contribution < 1.29 is 9.47 Å². The minimum Gasteiger partial charge on any atom is -0.497 e. The normalized spacial score (nSPS) is 11.6. The van der Waals surface area contributed by atoms with Crippen LogP contribution in [0.3, 0.4) is 0 Å². The SMILES string of the molecule is Bc1cccc(OCc2nnn3c2Cc2c(C#N)ncn2-c2ccc(OC)cc2-3)c1.